The van der Waals surface area contributed by atoms with Gasteiger partial charge in [0.2, 0.25) is 11.8 Å². The molecule has 0 saturated carbocycles. The van der Waals surface area contributed by atoms with Gasteiger partial charge < -0.3 is 15.5 Å². The second-order valence-electron chi connectivity index (χ2n) is 5.56. The van der Waals surface area contributed by atoms with Gasteiger partial charge in [-0.3, -0.25) is 9.59 Å². The van der Waals surface area contributed by atoms with Crippen LogP contribution < -0.4 is 10.6 Å². The standard InChI is InChI=1S/C14H25N3O2/c1-2-13(18)16-12-5-8-17(9-6-12)14(19)11-4-3-7-15-10-11/h11-12,15H,2-10H2,1H3,(H,16,18)/t11-/m1/s1. The first-order chi connectivity index (χ1) is 9.20. The average molecular weight is 267 g/mol. The van der Waals surface area contributed by atoms with Gasteiger partial charge in [-0.1, -0.05) is 6.92 Å². The van der Waals surface area contributed by atoms with Crippen LogP contribution in [0.3, 0.4) is 0 Å². The number of nitrogens with zero attached hydrogens (tertiary/aromatic N) is 1. The van der Waals surface area contributed by atoms with Crippen LogP contribution in [0.2, 0.25) is 0 Å². The van der Waals surface area contributed by atoms with Gasteiger partial charge in [0.1, 0.15) is 0 Å². The molecule has 0 spiro atoms. The SMILES string of the molecule is CCC(=O)NC1CCN(C(=O)[C@@H]2CCCNC2)CC1. The maximum atomic E-state index is 12.3. The Morgan fingerprint density at radius 1 is 1.26 bits per heavy atom. The first-order valence-electron chi connectivity index (χ1n) is 7.49. The molecular formula is C14H25N3O2. The minimum absolute atomic E-state index is 0.112. The third-order valence-electron chi connectivity index (χ3n) is 4.14. The van der Waals surface area contributed by atoms with Crippen molar-refractivity contribution in [2.75, 3.05) is 26.2 Å². The molecule has 2 fully saturated rings. The van der Waals surface area contributed by atoms with E-state index in [9.17, 15) is 9.59 Å². The summed E-state index contributed by atoms with van der Waals surface area (Å²) in [6, 6.07) is 0.251. The number of nitrogens with one attached hydrogen (secondary N) is 2. The molecule has 0 aliphatic carbocycles. The smallest absolute Gasteiger partial charge is 0.226 e. The molecule has 2 N–H and O–H groups in total. The summed E-state index contributed by atoms with van der Waals surface area (Å²) in [5.41, 5.74) is 0. The second kappa shape index (κ2) is 6.89. The number of amides is 2. The van der Waals surface area contributed by atoms with Crippen LogP contribution in [-0.2, 0) is 9.59 Å². The molecule has 0 aromatic rings. The Hall–Kier alpha value is -1.10. The highest BCUT2D eigenvalue weighted by Gasteiger charge is 2.29. The predicted octanol–water partition coefficient (Wildman–Crippen LogP) is 0.503. The quantitative estimate of drug-likeness (QED) is 0.783. The Morgan fingerprint density at radius 2 is 2.00 bits per heavy atom. The van der Waals surface area contributed by atoms with Gasteiger partial charge in [0.15, 0.2) is 0 Å². The molecule has 2 amide bonds. The first-order valence-corrected chi connectivity index (χ1v) is 7.49. The van der Waals surface area contributed by atoms with E-state index in [1.165, 1.54) is 0 Å². The van der Waals surface area contributed by atoms with E-state index in [1.807, 2.05) is 11.8 Å². The van der Waals surface area contributed by atoms with E-state index in [4.69, 9.17) is 0 Å². The Balaban J connectivity index is 1.76. The predicted molar refractivity (Wildman–Crippen MR) is 73.6 cm³/mol. The molecule has 1 atom stereocenters. The maximum absolute atomic E-state index is 12.3. The number of hydrogen-bond donors (Lipinski definition) is 2. The highest BCUT2D eigenvalue weighted by atomic mass is 16.2. The van der Waals surface area contributed by atoms with E-state index in [0.717, 1.165) is 51.9 Å². The molecule has 0 unspecified atom stereocenters. The minimum atomic E-state index is 0.112. The summed E-state index contributed by atoms with van der Waals surface area (Å²) in [4.78, 5) is 25.7. The Bertz CT molecular complexity index is 319. The van der Waals surface area contributed by atoms with E-state index >= 15 is 0 Å². The summed E-state index contributed by atoms with van der Waals surface area (Å²) >= 11 is 0. The minimum Gasteiger partial charge on any atom is -0.353 e. The highest BCUT2D eigenvalue weighted by Crippen LogP contribution is 2.17. The molecule has 0 radical (unpaired) electrons. The van der Waals surface area contributed by atoms with Crippen LogP contribution in [0, 0.1) is 5.92 Å². The molecule has 0 bridgehead atoms. The van der Waals surface area contributed by atoms with Crippen LogP contribution in [0.15, 0.2) is 0 Å². The molecule has 2 aliphatic rings. The van der Waals surface area contributed by atoms with E-state index < -0.39 is 0 Å². The van der Waals surface area contributed by atoms with Crippen molar-refractivity contribution in [1.82, 2.24) is 15.5 Å². The topological polar surface area (TPSA) is 61.4 Å². The summed E-state index contributed by atoms with van der Waals surface area (Å²) in [7, 11) is 0. The van der Waals surface area contributed by atoms with Crippen molar-refractivity contribution in [2.24, 2.45) is 5.92 Å². The van der Waals surface area contributed by atoms with Crippen molar-refractivity contribution in [3.05, 3.63) is 0 Å². The number of carbonyl (C=O) groups excluding carboxylic acids is 2. The fourth-order valence-electron chi connectivity index (χ4n) is 2.89. The first kappa shape index (κ1) is 14.3. The molecule has 108 valence electrons. The van der Waals surface area contributed by atoms with Crippen molar-refractivity contribution in [2.45, 2.75) is 45.1 Å². The van der Waals surface area contributed by atoms with Crippen LogP contribution in [0.4, 0.5) is 0 Å². The fourth-order valence-corrected chi connectivity index (χ4v) is 2.89. The molecule has 5 heteroatoms. The van der Waals surface area contributed by atoms with Crippen LogP contribution in [-0.4, -0.2) is 48.9 Å². The number of piperidine rings is 2. The van der Waals surface area contributed by atoms with Gasteiger partial charge in [-0.15, -0.1) is 0 Å². The number of hydrogen-bond acceptors (Lipinski definition) is 3. The van der Waals surface area contributed by atoms with Crippen molar-refractivity contribution in [1.29, 1.82) is 0 Å². The molecule has 2 aliphatic heterocycles. The van der Waals surface area contributed by atoms with Crippen molar-refractivity contribution in [3.8, 4) is 0 Å². The van der Waals surface area contributed by atoms with Gasteiger partial charge >= 0.3 is 0 Å². The van der Waals surface area contributed by atoms with Crippen LogP contribution in [0.5, 0.6) is 0 Å². The summed E-state index contributed by atoms with van der Waals surface area (Å²) in [5.74, 6) is 0.573. The average Bonchev–Trinajstić information content (AvgIpc) is 2.48. The lowest BCUT2D eigenvalue weighted by atomic mass is 9.96. The Labute approximate surface area is 115 Å². The third-order valence-corrected chi connectivity index (χ3v) is 4.14. The molecule has 2 saturated heterocycles. The second-order valence-corrected chi connectivity index (χ2v) is 5.56. The fraction of sp³-hybridized carbons (Fsp3) is 0.857. The zero-order valence-electron chi connectivity index (χ0n) is 11.8. The molecule has 0 aromatic heterocycles. The Kier molecular flexibility index (Phi) is 5.19. The van der Waals surface area contributed by atoms with Gasteiger partial charge in [-0.2, -0.15) is 0 Å². The van der Waals surface area contributed by atoms with Gasteiger partial charge in [-0.05, 0) is 32.2 Å². The zero-order chi connectivity index (χ0) is 13.7. The van der Waals surface area contributed by atoms with Crippen LogP contribution in [0.1, 0.15) is 39.0 Å². The van der Waals surface area contributed by atoms with Gasteiger partial charge in [0.05, 0.1) is 5.92 Å². The molecule has 5 nitrogen and oxygen atoms in total. The van der Waals surface area contributed by atoms with E-state index in [1.54, 1.807) is 0 Å². The van der Waals surface area contributed by atoms with Gasteiger partial charge in [0, 0.05) is 32.1 Å². The van der Waals surface area contributed by atoms with E-state index in [2.05, 4.69) is 10.6 Å². The maximum Gasteiger partial charge on any atom is 0.226 e. The lowest BCUT2D eigenvalue weighted by Crippen LogP contribution is -2.49. The van der Waals surface area contributed by atoms with Gasteiger partial charge in [0.25, 0.3) is 0 Å². The largest absolute Gasteiger partial charge is 0.353 e. The molecular weight excluding hydrogens is 242 g/mol. The normalized spacial score (nSPS) is 25.1. The molecule has 2 heterocycles. The van der Waals surface area contributed by atoms with Crippen molar-refractivity contribution in [3.63, 3.8) is 0 Å². The monoisotopic (exact) mass is 267 g/mol. The summed E-state index contributed by atoms with van der Waals surface area (Å²) < 4.78 is 0. The van der Waals surface area contributed by atoms with Crippen LogP contribution >= 0.6 is 0 Å². The van der Waals surface area contributed by atoms with Crippen molar-refractivity contribution < 1.29 is 9.59 Å². The summed E-state index contributed by atoms with van der Waals surface area (Å²) in [6.45, 7) is 5.29. The van der Waals surface area contributed by atoms with Gasteiger partial charge in [-0.25, -0.2) is 0 Å². The molecule has 19 heavy (non-hydrogen) atoms. The van der Waals surface area contributed by atoms with E-state index in [-0.39, 0.29) is 17.9 Å². The zero-order valence-corrected chi connectivity index (χ0v) is 11.8. The third kappa shape index (κ3) is 3.93. The van der Waals surface area contributed by atoms with E-state index in [0.29, 0.717) is 12.3 Å². The van der Waals surface area contributed by atoms with Crippen molar-refractivity contribution >= 4 is 11.8 Å². The molecule has 2 rings (SSSR count). The lowest BCUT2D eigenvalue weighted by molar-refractivity contribution is -0.137. The van der Waals surface area contributed by atoms with Crippen LogP contribution in [0.25, 0.3) is 0 Å². The number of carbonyl (C=O) groups is 2. The summed E-state index contributed by atoms with van der Waals surface area (Å²) in [5, 5.41) is 6.31. The molecule has 0 aromatic carbocycles. The lowest BCUT2D eigenvalue weighted by Gasteiger charge is -2.35. The number of rotatable bonds is 3. The number of likely N-dealkylation sites (tertiary alicyclic amines) is 1. The Morgan fingerprint density at radius 3 is 2.58 bits per heavy atom. The highest BCUT2D eigenvalue weighted by molar-refractivity contribution is 5.79. The summed E-state index contributed by atoms with van der Waals surface area (Å²) in [6.07, 6.45) is 4.42.